The number of carbonyl (C=O) groups excluding carboxylic acids is 1. The minimum absolute atomic E-state index is 0.112. The molecule has 0 unspecified atom stereocenters. The van der Waals surface area contributed by atoms with Gasteiger partial charge in [0, 0.05) is 29.7 Å². The number of nitrogens with zero attached hydrogens (tertiary/aromatic N) is 4. The van der Waals surface area contributed by atoms with Gasteiger partial charge < -0.3 is 10.1 Å². The van der Waals surface area contributed by atoms with Gasteiger partial charge in [-0.3, -0.25) is 14.3 Å². The van der Waals surface area contributed by atoms with Crippen molar-refractivity contribution < 1.29 is 9.53 Å². The van der Waals surface area contributed by atoms with E-state index < -0.39 is 0 Å². The molecule has 8 heteroatoms. The van der Waals surface area contributed by atoms with Crippen LogP contribution in [0.4, 0.5) is 5.69 Å². The number of thioether (sulfide) groups is 1. The molecule has 156 valence electrons. The lowest BCUT2D eigenvalue weighted by molar-refractivity contribution is -0.113. The van der Waals surface area contributed by atoms with Crippen molar-refractivity contribution in [1.29, 1.82) is 0 Å². The summed E-state index contributed by atoms with van der Waals surface area (Å²) in [6.07, 6.45) is 3.45. The predicted octanol–water partition coefficient (Wildman–Crippen LogP) is 4.38. The van der Waals surface area contributed by atoms with Crippen molar-refractivity contribution in [2.45, 2.75) is 12.1 Å². The molecule has 0 radical (unpaired) electrons. The van der Waals surface area contributed by atoms with E-state index in [4.69, 9.17) is 4.74 Å². The molecule has 0 aliphatic rings. The van der Waals surface area contributed by atoms with Crippen molar-refractivity contribution in [1.82, 2.24) is 19.7 Å². The smallest absolute Gasteiger partial charge is 0.234 e. The third-order valence-electron chi connectivity index (χ3n) is 4.50. The number of anilines is 1. The molecular weight excluding hydrogens is 410 g/mol. The summed E-state index contributed by atoms with van der Waals surface area (Å²) < 4.78 is 7.28. The van der Waals surface area contributed by atoms with Crippen LogP contribution >= 0.6 is 11.8 Å². The summed E-state index contributed by atoms with van der Waals surface area (Å²) in [4.78, 5) is 16.7. The van der Waals surface area contributed by atoms with Gasteiger partial charge in [-0.1, -0.05) is 30.0 Å². The summed E-state index contributed by atoms with van der Waals surface area (Å²) in [5.41, 5.74) is 3.53. The number of pyridine rings is 1. The Labute approximate surface area is 184 Å². The Morgan fingerprint density at radius 1 is 1.10 bits per heavy atom. The van der Waals surface area contributed by atoms with Crippen LogP contribution in [0.15, 0.2) is 78.2 Å². The second kappa shape index (κ2) is 9.44. The van der Waals surface area contributed by atoms with Gasteiger partial charge in [0.15, 0.2) is 11.0 Å². The average molecular weight is 432 g/mol. The molecule has 0 aliphatic heterocycles. The maximum Gasteiger partial charge on any atom is 0.234 e. The molecule has 31 heavy (non-hydrogen) atoms. The van der Waals surface area contributed by atoms with E-state index in [9.17, 15) is 4.79 Å². The highest BCUT2D eigenvalue weighted by Gasteiger charge is 2.18. The van der Waals surface area contributed by atoms with Crippen LogP contribution in [0.1, 0.15) is 5.56 Å². The summed E-state index contributed by atoms with van der Waals surface area (Å²) in [6, 6.07) is 19.1. The van der Waals surface area contributed by atoms with Crippen molar-refractivity contribution in [3.8, 4) is 22.8 Å². The van der Waals surface area contributed by atoms with Crippen LogP contribution < -0.4 is 10.1 Å². The molecule has 4 rings (SSSR count). The third-order valence-corrected chi connectivity index (χ3v) is 5.43. The van der Waals surface area contributed by atoms with E-state index in [1.165, 1.54) is 11.8 Å². The maximum absolute atomic E-state index is 12.5. The first kappa shape index (κ1) is 20.6. The number of hydrogen-bond donors (Lipinski definition) is 1. The van der Waals surface area contributed by atoms with E-state index in [1.807, 2.05) is 72.2 Å². The molecule has 2 aromatic heterocycles. The molecule has 0 atom stereocenters. The van der Waals surface area contributed by atoms with Crippen LogP contribution in [-0.4, -0.2) is 38.5 Å². The molecule has 0 bridgehead atoms. The number of nitrogens with one attached hydrogen (secondary N) is 1. The van der Waals surface area contributed by atoms with Gasteiger partial charge in [-0.15, -0.1) is 10.2 Å². The Morgan fingerprint density at radius 3 is 2.74 bits per heavy atom. The number of ether oxygens (including phenoxy) is 1. The minimum Gasteiger partial charge on any atom is -0.497 e. The van der Waals surface area contributed by atoms with E-state index in [0.29, 0.717) is 11.0 Å². The molecule has 4 aromatic rings. The van der Waals surface area contributed by atoms with E-state index >= 15 is 0 Å². The highest BCUT2D eigenvalue weighted by Crippen LogP contribution is 2.29. The van der Waals surface area contributed by atoms with Gasteiger partial charge >= 0.3 is 0 Å². The zero-order chi connectivity index (χ0) is 21.6. The first-order valence-electron chi connectivity index (χ1n) is 9.63. The van der Waals surface area contributed by atoms with Crippen molar-refractivity contribution >= 4 is 23.4 Å². The standard InChI is InChI=1S/C23H21N5O2S/c1-16-6-3-8-18(12-16)25-21(29)15-31-23-27-26-22(17-7-5-11-24-14-17)28(23)19-9-4-10-20(13-19)30-2/h3-14H,15H2,1-2H3,(H,25,29). The maximum atomic E-state index is 12.5. The number of aromatic nitrogens is 4. The molecule has 1 N–H and O–H groups in total. The summed E-state index contributed by atoms with van der Waals surface area (Å²) >= 11 is 1.32. The summed E-state index contributed by atoms with van der Waals surface area (Å²) in [5.74, 6) is 1.45. The van der Waals surface area contributed by atoms with Crippen LogP contribution in [-0.2, 0) is 4.79 Å². The number of rotatable bonds is 7. The van der Waals surface area contributed by atoms with Gasteiger partial charge in [0.2, 0.25) is 5.91 Å². The van der Waals surface area contributed by atoms with Crippen molar-refractivity contribution in [2.75, 3.05) is 18.2 Å². The molecular formula is C23H21N5O2S. The molecule has 0 spiro atoms. The molecule has 0 aliphatic carbocycles. The Morgan fingerprint density at radius 2 is 1.97 bits per heavy atom. The van der Waals surface area contributed by atoms with E-state index in [1.54, 1.807) is 19.5 Å². The lowest BCUT2D eigenvalue weighted by atomic mass is 10.2. The molecule has 0 saturated heterocycles. The Kier molecular flexibility index (Phi) is 6.28. The topological polar surface area (TPSA) is 81.9 Å². The fraction of sp³-hybridized carbons (Fsp3) is 0.130. The lowest BCUT2D eigenvalue weighted by Gasteiger charge is -2.11. The third kappa shape index (κ3) is 4.92. The van der Waals surface area contributed by atoms with Gasteiger partial charge in [-0.05, 0) is 48.9 Å². The molecule has 0 saturated carbocycles. The Hall–Kier alpha value is -3.65. The second-order valence-corrected chi connectivity index (χ2v) is 7.73. The number of amides is 1. The molecule has 0 fully saturated rings. The van der Waals surface area contributed by atoms with Gasteiger partial charge in [-0.25, -0.2) is 0 Å². The van der Waals surface area contributed by atoms with Crippen LogP contribution in [0.25, 0.3) is 17.1 Å². The highest BCUT2D eigenvalue weighted by molar-refractivity contribution is 7.99. The predicted molar refractivity (Wildman–Crippen MR) is 122 cm³/mol. The van der Waals surface area contributed by atoms with Crippen LogP contribution in [0, 0.1) is 6.92 Å². The minimum atomic E-state index is -0.112. The largest absolute Gasteiger partial charge is 0.497 e. The second-order valence-electron chi connectivity index (χ2n) is 6.79. The number of hydrogen-bond acceptors (Lipinski definition) is 6. The molecule has 7 nitrogen and oxygen atoms in total. The highest BCUT2D eigenvalue weighted by atomic mass is 32.2. The van der Waals surface area contributed by atoms with Crippen molar-refractivity contribution in [3.63, 3.8) is 0 Å². The Balaban J connectivity index is 1.61. The zero-order valence-electron chi connectivity index (χ0n) is 17.1. The van der Waals surface area contributed by atoms with E-state index in [2.05, 4.69) is 20.5 Å². The fourth-order valence-electron chi connectivity index (χ4n) is 3.08. The molecule has 1 amide bonds. The lowest BCUT2D eigenvalue weighted by Crippen LogP contribution is -2.14. The molecule has 2 heterocycles. The quantitative estimate of drug-likeness (QED) is 0.438. The normalized spacial score (nSPS) is 10.6. The summed E-state index contributed by atoms with van der Waals surface area (Å²) in [6.45, 7) is 1.99. The van der Waals surface area contributed by atoms with Gasteiger partial charge in [-0.2, -0.15) is 0 Å². The van der Waals surface area contributed by atoms with Gasteiger partial charge in [0.1, 0.15) is 5.75 Å². The van der Waals surface area contributed by atoms with Crippen LogP contribution in [0.2, 0.25) is 0 Å². The van der Waals surface area contributed by atoms with E-state index in [0.717, 1.165) is 28.3 Å². The zero-order valence-corrected chi connectivity index (χ0v) is 18.0. The first-order valence-corrected chi connectivity index (χ1v) is 10.6. The number of benzene rings is 2. The monoisotopic (exact) mass is 431 g/mol. The van der Waals surface area contributed by atoms with E-state index in [-0.39, 0.29) is 11.7 Å². The average Bonchev–Trinajstić information content (AvgIpc) is 3.22. The van der Waals surface area contributed by atoms with Crippen molar-refractivity contribution in [3.05, 3.63) is 78.6 Å². The number of carbonyl (C=O) groups is 1. The number of methoxy groups -OCH3 is 1. The summed E-state index contributed by atoms with van der Waals surface area (Å²) in [7, 11) is 1.62. The molecule has 2 aromatic carbocycles. The Bertz CT molecular complexity index is 1190. The van der Waals surface area contributed by atoms with Gasteiger partial charge in [0.25, 0.3) is 0 Å². The van der Waals surface area contributed by atoms with Gasteiger partial charge in [0.05, 0.1) is 18.6 Å². The first-order chi connectivity index (χ1) is 15.1. The number of aryl methyl sites for hydroxylation is 1. The summed E-state index contributed by atoms with van der Waals surface area (Å²) in [5, 5.41) is 12.2. The fourth-order valence-corrected chi connectivity index (χ4v) is 3.83. The van der Waals surface area contributed by atoms with Crippen LogP contribution in [0.3, 0.4) is 0 Å². The van der Waals surface area contributed by atoms with Crippen LogP contribution in [0.5, 0.6) is 5.75 Å². The SMILES string of the molecule is COc1cccc(-n2c(SCC(=O)Nc3cccc(C)c3)nnc2-c2cccnc2)c1. The van der Waals surface area contributed by atoms with Crippen molar-refractivity contribution in [2.24, 2.45) is 0 Å².